The molecule has 5 heteroatoms. The molecule has 5 nitrogen and oxygen atoms in total. The molecule has 21 heavy (non-hydrogen) atoms. The lowest BCUT2D eigenvalue weighted by atomic mass is 10.1. The first-order valence-corrected chi connectivity index (χ1v) is 7.68. The van der Waals surface area contributed by atoms with Crippen molar-refractivity contribution in [1.82, 2.24) is 19.6 Å². The van der Waals surface area contributed by atoms with E-state index in [0.29, 0.717) is 12.5 Å². The van der Waals surface area contributed by atoms with Gasteiger partial charge in [0.2, 0.25) is 0 Å². The van der Waals surface area contributed by atoms with Crippen LogP contribution in [0.4, 0.5) is 0 Å². The summed E-state index contributed by atoms with van der Waals surface area (Å²) in [5, 5.41) is 8.87. The smallest absolute Gasteiger partial charge is 0.172 e. The van der Waals surface area contributed by atoms with Gasteiger partial charge in [0, 0.05) is 19.4 Å². The van der Waals surface area contributed by atoms with Gasteiger partial charge in [0.05, 0.1) is 29.4 Å². The second-order valence-corrected chi connectivity index (χ2v) is 5.37. The minimum absolute atomic E-state index is 0.0924. The SMILES string of the molecule is CCc1nn(C)cc1C(=O)Cc1ccn(C(CC)CC)n1. The van der Waals surface area contributed by atoms with E-state index in [2.05, 4.69) is 24.0 Å². The fraction of sp³-hybridized carbons (Fsp3) is 0.562. The van der Waals surface area contributed by atoms with Crippen molar-refractivity contribution in [3.8, 4) is 0 Å². The first kappa shape index (κ1) is 15.5. The highest BCUT2D eigenvalue weighted by Gasteiger charge is 2.16. The summed E-state index contributed by atoms with van der Waals surface area (Å²) in [6.45, 7) is 6.33. The zero-order valence-corrected chi connectivity index (χ0v) is 13.3. The zero-order chi connectivity index (χ0) is 15.4. The van der Waals surface area contributed by atoms with Crippen molar-refractivity contribution in [2.24, 2.45) is 7.05 Å². The van der Waals surface area contributed by atoms with Gasteiger partial charge in [-0.3, -0.25) is 14.2 Å². The van der Waals surface area contributed by atoms with Crippen LogP contribution in [0.1, 0.15) is 61.4 Å². The maximum atomic E-state index is 12.4. The van der Waals surface area contributed by atoms with Crippen LogP contribution in [-0.4, -0.2) is 25.3 Å². The summed E-state index contributed by atoms with van der Waals surface area (Å²) in [6, 6.07) is 2.36. The summed E-state index contributed by atoms with van der Waals surface area (Å²) in [6.07, 6.45) is 6.99. The van der Waals surface area contributed by atoms with E-state index in [1.54, 1.807) is 10.9 Å². The van der Waals surface area contributed by atoms with Gasteiger partial charge in [0.25, 0.3) is 0 Å². The average Bonchev–Trinajstić information content (AvgIpc) is 3.07. The molecule has 2 aromatic rings. The van der Waals surface area contributed by atoms with Crippen molar-refractivity contribution in [2.75, 3.05) is 0 Å². The Bertz CT molecular complexity index is 608. The van der Waals surface area contributed by atoms with Crippen LogP contribution < -0.4 is 0 Å². The number of carbonyl (C=O) groups is 1. The number of hydrogen-bond donors (Lipinski definition) is 0. The molecule has 2 rings (SSSR count). The Hall–Kier alpha value is -1.91. The van der Waals surface area contributed by atoms with Gasteiger partial charge in [0.1, 0.15) is 0 Å². The minimum Gasteiger partial charge on any atom is -0.294 e. The van der Waals surface area contributed by atoms with E-state index in [9.17, 15) is 4.79 Å². The van der Waals surface area contributed by atoms with E-state index in [-0.39, 0.29) is 5.78 Å². The molecule has 0 aliphatic carbocycles. The van der Waals surface area contributed by atoms with Gasteiger partial charge in [-0.05, 0) is 25.3 Å². The molecule has 0 N–H and O–H groups in total. The molecule has 0 aliphatic heterocycles. The molecule has 0 atom stereocenters. The van der Waals surface area contributed by atoms with E-state index in [4.69, 9.17) is 0 Å². The highest BCUT2D eigenvalue weighted by molar-refractivity contribution is 5.98. The second-order valence-electron chi connectivity index (χ2n) is 5.37. The summed E-state index contributed by atoms with van der Waals surface area (Å²) >= 11 is 0. The third-order valence-corrected chi connectivity index (χ3v) is 3.86. The maximum absolute atomic E-state index is 12.4. The van der Waals surface area contributed by atoms with E-state index in [1.807, 2.05) is 30.9 Å². The van der Waals surface area contributed by atoms with Crippen LogP contribution in [0.15, 0.2) is 18.5 Å². The van der Waals surface area contributed by atoms with Crippen LogP contribution in [0.2, 0.25) is 0 Å². The van der Waals surface area contributed by atoms with Crippen LogP contribution in [0.5, 0.6) is 0 Å². The van der Waals surface area contributed by atoms with Crippen molar-refractivity contribution >= 4 is 5.78 Å². The minimum atomic E-state index is 0.0924. The van der Waals surface area contributed by atoms with Crippen LogP contribution >= 0.6 is 0 Å². The van der Waals surface area contributed by atoms with Gasteiger partial charge in [-0.15, -0.1) is 0 Å². The fourth-order valence-corrected chi connectivity index (χ4v) is 2.63. The van der Waals surface area contributed by atoms with Crippen molar-refractivity contribution in [2.45, 2.75) is 52.5 Å². The summed E-state index contributed by atoms with van der Waals surface area (Å²) in [4.78, 5) is 12.4. The standard InChI is InChI=1S/C16H24N4O/c1-5-13(6-2)20-9-8-12(17-20)10-16(21)14-11-19(4)18-15(14)7-3/h8-9,11,13H,5-7,10H2,1-4H3. The highest BCUT2D eigenvalue weighted by Crippen LogP contribution is 2.16. The Morgan fingerprint density at radius 1 is 1.24 bits per heavy atom. The Balaban J connectivity index is 2.12. The predicted octanol–water partition coefficient (Wildman–Crippen LogP) is 2.97. The molecule has 0 fully saturated rings. The van der Waals surface area contributed by atoms with Crippen LogP contribution in [-0.2, 0) is 19.9 Å². The number of Topliss-reactive ketones (excluding diaryl/α,β-unsaturated/α-hetero) is 1. The monoisotopic (exact) mass is 288 g/mol. The Kier molecular flexibility index (Phi) is 4.94. The van der Waals surface area contributed by atoms with Gasteiger partial charge >= 0.3 is 0 Å². The molecule has 0 unspecified atom stereocenters. The summed E-state index contributed by atoms with van der Waals surface area (Å²) in [7, 11) is 1.84. The second kappa shape index (κ2) is 6.70. The van der Waals surface area contributed by atoms with Gasteiger partial charge < -0.3 is 0 Å². The lowest BCUT2D eigenvalue weighted by Crippen LogP contribution is -2.10. The molecule has 0 aromatic carbocycles. The van der Waals surface area contributed by atoms with Crippen LogP contribution in [0.3, 0.4) is 0 Å². The van der Waals surface area contributed by atoms with Gasteiger partial charge in [-0.2, -0.15) is 10.2 Å². The van der Waals surface area contributed by atoms with Crippen molar-refractivity contribution in [1.29, 1.82) is 0 Å². The number of aromatic nitrogens is 4. The van der Waals surface area contributed by atoms with Crippen molar-refractivity contribution in [3.05, 3.63) is 35.4 Å². The molecule has 114 valence electrons. The number of aryl methyl sites for hydroxylation is 2. The van der Waals surface area contributed by atoms with E-state index < -0.39 is 0 Å². The van der Waals surface area contributed by atoms with Crippen molar-refractivity contribution in [3.63, 3.8) is 0 Å². The van der Waals surface area contributed by atoms with E-state index >= 15 is 0 Å². The third kappa shape index (κ3) is 3.40. The summed E-state index contributed by atoms with van der Waals surface area (Å²) < 4.78 is 3.68. The van der Waals surface area contributed by atoms with Gasteiger partial charge in [-0.25, -0.2) is 0 Å². The van der Waals surface area contributed by atoms with Gasteiger partial charge in [-0.1, -0.05) is 20.8 Å². The number of carbonyl (C=O) groups excluding carboxylic acids is 1. The molecule has 0 aliphatic rings. The molecule has 0 bridgehead atoms. The molecule has 0 amide bonds. The average molecular weight is 288 g/mol. The molecule has 2 heterocycles. The largest absolute Gasteiger partial charge is 0.294 e. The summed E-state index contributed by atoms with van der Waals surface area (Å²) in [5.41, 5.74) is 2.41. The first-order chi connectivity index (χ1) is 10.1. The molecule has 0 saturated heterocycles. The fourth-order valence-electron chi connectivity index (χ4n) is 2.63. The number of rotatable bonds is 7. The third-order valence-electron chi connectivity index (χ3n) is 3.86. The lowest BCUT2D eigenvalue weighted by Gasteiger charge is -2.12. The summed E-state index contributed by atoms with van der Waals surface area (Å²) in [5.74, 6) is 0.0924. The van der Waals surface area contributed by atoms with Crippen molar-refractivity contribution < 1.29 is 4.79 Å². The van der Waals surface area contributed by atoms with E-state index in [1.165, 1.54) is 0 Å². The number of nitrogens with zero attached hydrogens (tertiary/aromatic N) is 4. The van der Waals surface area contributed by atoms with Crippen LogP contribution in [0, 0.1) is 0 Å². The molecular weight excluding hydrogens is 264 g/mol. The maximum Gasteiger partial charge on any atom is 0.172 e. The molecular formula is C16H24N4O. The molecule has 0 radical (unpaired) electrons. The Morgan fingerprint density at radius 3 is 2.57 bits per heavy atom. The quantitative estimate of drug-likeness (QED) is 0.736. The molecule has 0 saturated carbocycles. The lowest BCUT2D eigenvalue weighted by molar-refractivity contribution is 0.0990. The zero-order valence-electron chi connectivity index (χ0n) is 13.3. The Morgan fingerprint density at radius 2 is 1.95 bits per heavy atom. The van der Waals surface area contributed by atoms with E-state index in [0.717, 1.165) is 36.2 Å². The first-order valence-electron chi connectivity index (χ1n) is 7.68. The normalized spacial score (nSPS) is 11.3. The number of hydrogen-bond acceptors (Lipinski definition) is 3. The van der Waals surface area contributed by atoms with Crippen LogP contribution in [0.25, 0.3) is 0 Å². The molecule has 2 aromatic heterocycles. The topological polar surface area (TPSA) is 52.7 Å². The molecule has 0 spiro atoms. The Labute approximate surface area is 126 Å². The highest BCUT2D eigenvalue weighted by atomic mass is 16.1. The number of ketones is 1. The van der Waals surface area contributed by atoms with Gasteiger partial charge in [0.15, 0.2) is 5.78 Å². The predicted molar refractivity (Wildman–Crippen MR) is 82.5 cm³/mol.